The predicted octanol–water partition coefficient (Wildman–Crippen LogP) is 3.59. The van der Waals surface area contributed by atoms with Gasteiger partial charge >= 0.3 is 5.97 Å². The highest BCUT2D eigenvalue weighted by Gasteiger charge is 2.62. The van der Waals surface area contributed by atoms with Crippen LogP contribution in [0.4, 0.5) is 0 Å². The van der Waals surface area contributed by atoms with E-state index in [4.69, 9.17) is 5.11 Å². The van der Waals surface area contributed by atoms with Crippen LogP contribution < -0.4 is 5.32 Å². The van der Waals surface area contributed by atoms with E-state index in [0.29, 0.717) is 41.9 Å². The van der Waals surface area contributed by atoms with Crippen molar-refractivity contribution in [3.05, 3.63) is 0 Å². The first-order chi connectivity index (χ1) is 15.1. The Balaban J connectivity index is 1.44. The van der Waals surface area contributed by atoms with Crippen molar-refractivity contribution in [3.8, 4) is 0 Å². The molecule has 4 saturated carbocycles. The maximum absolute atomic E-state index is 12.0. The molecule has 6 nitrogen and oxygen atoms in total. The normalized spacial score (nSPS) is 46.5. The maximum atomic E-state index is 12.0. The zero-order chi connectivity index (χ0) is 23.3. The topological polar surface area (TPSA) is 107 Å². The van der Waals surface area contributed by atoms with Crippen molar-refractivity contribution in [1.29, 1.82) is 0 Å². The monoisotopic (exact) mass is 449 g/mol. The maximum Gasteiger partial charge on any atom is 0.322 e. The van der Waals surface area contributed by atoms with Crippen molar-refractivity contribution in [2.75, 3.05) is 6.54 Å². The Hall–Kier alpha value is -1.14. The van der Waals surface area contributed by atoms with Crippen LogP contribution in [-0.2, 0) is 9.59 Å². The lowest BCUT2D eigenvalue weighted by Gasteiger charge is -2.62. The SMILES string of the molecule is CC(CCC(=O)NCC(=O)O)[C@H]1CCC2C3C(O)CC4C[C@H](O)CC[C@]4(C)C3CC[C@@]21C. The molecule has 4 aliphatic carbocycles. The largest absolute Gasteiger partial charge is 0.480 e. The molecule has 0 aromatic heterocycles. The number of fused-ring (bicyclic) bond motifs is 5. The van der Waals surface area contributed by atoms with Crippen molar-refractivity contribution < 1.29 is 24.9 Å². The summed E-state index contributed by atoms with van der Waals surface area (Å²) in [6.07, 6.45) is 9.06. The van der Waals surface area contributed by atoms with Gasteiger partial charge in [-0.05, 0) is 104 Å². The van der Waals surface area contributed by atoms with Gasteiger partial charge in [0.15, 0.2) is 0 Å². The Labute approximate surface area is 192 Å². The molecule has 4 N–H and O–H groups in total. The van der Waals surface area contributed by atoms with Crippen molar-refractivity contribution in [1.82, 2.24) is 5.32 Å². The number of carboxylic acids is 1. The fourth-order valence-electron chi connectivity index (χ4n) is 9.00. The van der Waals surface area contributed by atoms with Crippen LogP contribution in [-0.4, -0.2) is 45.9 Å². The van der Waals surface area contributed by atoms with E-state index in [2.05, 4.69) is 26.1 Å². The Bertz CT molecular complexity index is 727. The third-order valence-electron chi connectivity index (χ3n) is 10.7. The lowest BCUT2D eigenvalue weighted by molar-refractivity contribution is -0.174. The Morgan fingerprint density at radius 3 is 2.41 bits per heavy atom. The van der Waals surface area contributed by atoms with Gasteiger partial charge in [0.1, 0.15) is 6.54 Å². The summed E-state index contributed by atoms with van der Waals surface area (Å²) < 4.78 is 0. The summed E-state index contributed by atoms with van der Waals surface area (Å²) in [5, 5.41) is 32.8. The minimum absolute atomic E-state index is 0.177. The molecule has 0 saturated heterocycles. The number of hydrogen-bond acceptors (Lipinski definition) is 4. The third-order valence-corrected chi connectivity index (χ3v) is 10.7. The molecule has 0 aliphatic heterocycles. The van der Waals surface area contributed by atoms with Gasteiger partial charge in [0.2, 0.25) is 5.91 Å². The van der Waals surface area contributed by atoms with Crippen LogP contribution in [0.1, 0.15) is 85.0 Å². The molecule has 0 radical (unpaired) electrons. The number of carbonyl (C=O) groups excluding carboxylic acids is 1. The van der Waals surface area contributed by atoms with Crippen molar-refractivity contribution in [2.24, 2.45) is 46.3 Å². The Morgan fingerprint density at radius 2 is 1.69 bits per heavy atom. The van der Waals surface area contributed by atoms with Gasteiger partial charge in [0.25, 0.3) is 0 Å². The Morgan fingerprint density at radius 1 is 1.00 bits per heavy atom. The van der Waals surface area contributed by atoms with E-state index in [9.17, 15) is 19.8 Å². The number of carbonyl (C=O) groups is 2. The standard InChI is InChI=1S/C26H43NO5/c1-15(4-7-22(30)27-14-23(31)32)18-5-6-19-24-20(9-11-26(18,19)3)25(2)10-8-17(28)12-16(25)13-21(24)29/h15-21,24,28-29H,4-14H2,1-3H3,(H,27,30)(H,31,32)/t15?,16?,17-,18-,19?,20?,21?,24?,25+,26-/m1/s1. The second-order valence-electron chi connectivity index (χ2n) is 12.1. The zero-order valence-corrected chi connectivity index (χ0v) is 20.1. The molecule has 6 heteroatoms. The molecule has 0 aromatic carbocycles. The molecule has 4 fully saturated rings. The highest BCUT2D eigenvalue weighted by atomic mass is 16.4. The highest BCUT2D eigenvalue weighted by molar-refractivity contribution is 5.81. The van der Waals surface area contributed by atoms with Gasteiger partial charge in [-0.1, -0.05) is 20.8 Å². The van der Waals surface area contributed by atoms with E-state index >= 15 is 0 Å². The van der Waals surface area contributed by atoms with E-state index in [1.165, 1.54) is 12.8 Å². The van der Waals surface area contributed by atoms with Gasteiger partial charge < -0.3 is 20.6 Å². The van der Waals surface area contributed by atoms with Gasteiger partial charge in [0.05, 0.1) is 12.2 Å². The number of hydrogen-bond donors (Lipinski definition) is 4. The van der Waals surface area contributed by atoms with Crippen LogP contribution >= 0.6 is 0 Å². The van der Waals surface area contributed by atoms with Gasteiger partial charge in [-0.3, -0.25) is 9.59 Å². The summed E-state index contributed by atoms with van der Waals surface area (Å²) in [4.78, 5) is 22.7. The fourth-order valence-corrected chi connectivity index (χ4v) is 9.00. The molecule has 6 unspecified atom stereocenters. The van der Waals surface area contributed by atoms with Gasteiger partial charge in [-0.25, -0.2) is 0 Å². The zero-order valence-electron chi connectivity index (χ0n) is 20.1. The lowest BCUT2D eigenvalue weighted by atomic mass is 9.43. The smallest absolute Gasteiger partial charge is 0.322 e. The molecule has 10 atom stereocenters. The van der Waals surface area contributed by atoms with Gasteiger partial charge in [-0.15, -0.1) is 0 Å². The summed E-state index contributed by atoms with van der Waals surface area (Å²) in [7, 11) is 0. The number of aliphatic hydroxyl groups excluding tert-OH is 2. The highest BCUT2D eigenvalue weighted by Crippen LogP contribution is 2.68. The predicted molar refractivity (Wildman–Crippen MR) is 122 cm³/mol. The van der Waals surface area contributed by atoms with Crippen molar-refractivity contribution in [2.45, 2.75) is 97.2 Å². The average molecular weight is 450 g/mol. The summed E-state index contributed by atoms with van der Waals surface area (Å²) in [5.41, 5.74) is 0.451. The van der Waals surface area contributed by atoms with Crippen molar-refractivity contribution >= 4 is 11.9 Å². The van der Waals surface area contributed by atoms with E-state index in [1.807, 2.05) is 0 Å². The summed E-state index contributed by atoms with van der Waals surface area (Å²) in [5.74, 6) is 1.66. The lowest BCUT2D eigenvalue weighted by Crippen LogP contribution is -2.58. The number of aliphatic hydroxyl groups is 2. The number of amides is 1. The molecule has 1 amide bonds. The van der Waals surface area contributed by atoms with E-state index < -0.39 is 5.97 Å². The van der Waals surface area contributed by atoms with Crippen molar-refractivity contribution in [3.63, 3.8) is 0 Å². The first-order valence-corrected chi connectivity index (χ1v) is 12.9. The summed E-state index contributed by atoms with van der Waals surface area (Å²) in [6.45, 7) is 6.83. The van der Waals surface area contributed by atoms with Crippen LogP contribution in [0.25, 0.3) is 0 Å². The molecular weight excluding hydrogens is 406 g/mol. The number of aliphatic carboxylic acids is 1. The first-order valence-electron chi connectivity index (χ1n) is 12.9. The molecular formula is C26H43NO5. The number of carboxylic acid groups (broad SMARTS) is 1. The molecule has 32 heavy (non-hydrogen) atoms. The summed E-state index contributed by atoms with van der Waals surface area (Å²) in [6, 6.07) is 0. The molecule has 4 aliphatic rings. The minimum Gasteiger partial charge on any atom is -0.480 e. The second kappa shape index (κ2) is 8.90. The molecule has 0 spiro atoms. The molecule has 0 bridgehead atoms. The average Bonchev–Trinajstić information content (AvgIpc) is 3.09. The third kappa shape index (κ3) is 4.11. The van der Waals surface area contributed by atoms with E-state index in [1.54, 1.807) is 0 Å². The second-order valence-corrected chi connectivity index (χ2v) is 12.1. The van der Waals surface area contributed by atoms with Gasteiger partial charge in [0, 0.05) is 6.42 Å². The van der Waals surface area contributed by atoms with Crippen LogP contribution in [0.2, 0.25) is 0 Å². The van der Waals surface area contributed by atoms with Crippen LogP contribution in [0.5, 0.6) is 0 Å². The van der Waals surface area contributed by atoms with E-state index in [0.717, 1.165) is 44.9 Å². The first kappa shape index (κ1) is 24.0. The van der Waals surface area contributed by atoms with Crippen LogP contribution in [0.15, 0.2) is 0 Å². The fraction of sp³-hybridized carbons (Fsp3) is 0.923. The quantitative estimate of drug-likeness (QED) is 0.496. The van der Waals surface area contributed by atoms with Gasteiger partial charge in [-0.2, -0.15) is 0 Å². The van der Waals surface area contributed by atoms with Crippen LogP contribution in [0, 0.1) is 46.3 Å². The number of rotatable bonds is 6. The molecule has 182 valence electrons. The molecule has 0 aromatic rings. The minimum atomic E-state index is -1.01. The summed E-state index contributed by atoms with van der Waals surface area (Å²) >= 11 is 0. The number of nitrogens with one attached hydrogen (secondary N) is 1. The molecule has 0 heterocycles. The molecule has 4 rings (SSSR count). The Kier molecular flexibility index (Phi) is 6.68. The van der Waals surface area contributed by atoms with Crippen LogP contribution in [0.3, 0.4) is 0 Å². The van der Waals surface area contributed by atoms with E-state index in [-0.39, 0.29) is 35.5 Å².